The fourth-order valence-electron chi connectivity index (χ4n) is 0.707. The van der Waals surface area contributed by atoms with Crippen LogP contribution in [0.4, 0.5) is 0 Å². The average molecular weight is 195 g/mol. The summed E-state index contributed by atoms with van der Waals surface area (Å²) in [6, 6.07) is 0. The van der Waals surface area contributed by atoms with Crippen molar-refractivity contribution in [3.05, 3.63) is 10.1 Å². The predicted molar refractivity (Wildman–Crippen MR) is 45.8 cm³/mol. The van der Waals surface area contributed by atoms with Gasteiger partial charge in [-0.05, 0) is 0 Å². The van der Waals surface area contributed by atoms with Crippen molar-refractivity contribution in [1.82, 2.24) is 5.01 Å². The standard InChI is InChI=1S/C6H8Cl2N2O/c1-11-4-10-3-6(8)5(7)2-9-10/h2H,3-4H2,1H3. The molecule has 62 valence electrons. The molecule has 1 aliphatic heterocycles. The summed E-state index contributed by atoms with van der Waals surface area (Å²) in [7, 11) is 1.60. The van der Waals surface area contributed by atoms with Gasteiger partial charge in [0.15, 0.2) is 0 Å². The Balaban J connectivity index is 2.52. The molecular formula is C6H8Cl2N2O. The van der Waals surface area contributed by atoms with Crippen LogP contribution < -0.4 is 0 Å². The molecule has 1 rings (SSSR count). The predicted octanol–water partition coefficient (Wildman–Crippen LogP) is 1.58. The van der Waals surface area contributed by atoms with Crippen molar-refractivity contribution in [2.75, 3.05) is 20.4 Å². The minimum atomic E-state index is 0.427. The van der Waals surface area contributed by atoms with E-state index in [0.717, 1.165) is 0 Å². The van der Waals surface area contributed by atoms with E-state index in [2.05, 4.69) is 5.10 Å². The highest BCUT2D eigenvalue weighted by Gasteiger charge is 2.10. The van der Waals surface area contributed by atoms with Crippen LogP contribution >= 0.6 is 23.2 Å². The van der Waals surface area contributed by atoms with Crippen LogP contribution in [0.5, 0.6) is 0 Å². The van der Waals surface area contributed by atoms with Crippen molar-refractivity contribution in [3.63, 3.8) is 0 Å². The number of ether oxygens (including phenoxy) is 1. The summed E-state index contributed by atoms with van der Waals surface area (Å²) in [6.45, 7) is 0.946. The lowest BCUT2D eigenvalue weighted by molar-refractivity contribution is 0.0728. The molecule has 1 heterocycles. The van der Waals surface area contributed by atoms with Gasteiger partial charge in [0.25, 0.3) is 0 Å². The van der Waals surface area contributed by atoms with E-state index in [1.165, 1.54) is 6.21 Å². The second kappa shape index (κ2) is 3.95. The largest absolute Gasteiger partial charge is 0.363 e. The maximum Gasteiger partial charge on any atom is 0.134 e. The Labute approximate surface area is 75.2 Å². The summed E-state index contributed by atoms with van der Waals surface area (Å²) in [5.41, 5.74) is 0. The number of allylic oxidation sites excluding steroid dienone is 1. The third-order valence-electron chi connectivity index (χ3n) is 1.19. The van der Waals surface area contributed by atoms with Crippen molar-refractivity contribution in [1.29, 1.82) is 0 Å². The van der Waals surface area contributed by atoms with Crippen LogP contribution in [-0.2, 0) is 4.74 Å². The number of hydrogen-bond donors (Lipinski definition) is 0. The maximum atomic E-state index is 5.76. The lowest BCUT2D eigenvalue weighted by Crippen LogP contribution is -2.24. The summed E-state index contributed by atoms with van der Waals surface area (Å²) in [5, 5.41) is 6.73. The van der Waals surface area contributed by atoms with Crippen LogP contribution in [0.25, 0.3) is 0 Å². The van der Waals surface area contributed by atoms with Gasteiger partial charge in [-0.2, -0.15) is 5.10 Å². The third-order valence-corrected chi connectivity index (χ3v) is 1.94. The van der Waals surface area contributed by atoms with Crippen molar-refractivity contribution in [3.8, 4) is 0 Å². The van der Waals surface area contributed by atoms with E-state index in [1.54, 1.807) is 12.1 Å². The van der Waals surface area contributed by atoms with Gasteiger partial charge in [0.2, 0.25) is 0 Å². The summed E-state index contributed by atoms with van der Waals surface area (Å²) in [6.07, 6.45) is 1.51. The fourth-order valence-corrected chi connectivity index (χ4v) is 0.997. The summed E-state index contributed by atoms with van der Waals surface area (Å²) < 4.78 is 4.85. The first-order chi connectivity index (χ1) is 5.24. The van der Waals surface area contributed by atoms with Crippen LogP contribution in [0.1, 0.15) is 0 Å². The van der Waals surface area contributed by atoms with Gasteiger partial charge < -0.3 is 4.74 Å². The zero-order chi connectivity index (χ0) is 8.27. The molecule has 0 aromatic carbocycles. The van der Waals surface area contributed by atoms with E-state index >= 15 is 0 Å². The van der Waals surface area contributed by atoms with Crippen LogP contribution in [0.3, 0.4) is 0 Å². The number of nitrogens with zero attached hydrogens (tertiary/aromatic N) is 2. The molecule has 0 fully saturated rings. The Bertz CT molecular complexity index is 203. The Hall–Kier alpha value is -0.250. The SMILES string of the molecule is COCN1CC(Cl)=C(Cl)C=N1. The minimum absolute atomic E-state index is 0.427. The molecule has 0 aromatic rings. The van der Waals surface area contributed by atoms with Crippen molar-refractivity contribution >= 4 is 29.4 Å². The third kappa shape index (κ3) is 2.36. The summed E-state index contributed by atoms with van der Waals surface area (Å²) in [5.74, 6) is 0. The first kappa shape index (κ1) is 8.84. The second-order valence-electron chi connectivity index (χ2n) is 2.08. The molecule has 1 aliphatic rings. The molecule has 0 unspecified atom stereocenters. The Morgan fingerprint density at radius 2 is 2.45 bits per heavy atom. The highest BCUT2D eigenvalue weighted by atomic mass is 35.5. The first-order valence-corrected chi connectivity index (χ1v) is 3.81. The number of methoxy groups -OCH3 is 1. The van der Waals surface area contributed by atoms with Gasteiger partial charge in [0.05, 0.1) is 22.8 Å². The van der Waals surface area contributed by atoms with E-state index in [4.69, 9.17) is 27.9 Å². The zero-order valence-electron chi connectivity index (χ0n) is 6.05. The van der Waals surface area contributed by atoms with Gasteiger partial charge in [-0.1, -0.05) is 23.2 Å². The molecule has 0 saturated carbocycles. The van der Waals surface area contributed by atoms with Crippen molar-refractivity contribution in [2.24, 2.45) is 5.10 Å². The summed E-state index contributed by atoms with van der Waals surface area (Å²) >= 11 is 11.4. The Morgan fingerprint density at radius 3 is 3.00 bits per heavy atom. The highest BCUT2D eigenvalue weighted by molar-refractivity contribution is 6.46. The monoisotopic (exact) mass is 194 g/mol. The number of halogens is 2. The Morgan fingerprint density at radius 1 is 1.73 bits per heavy atom. The van der Waals surface area contributed by atoms with Crippen molar-refractivity contribution in [2.45, 2.75) is 0 Å². The quantitative estimate of drug-likeness (QED) is 0.668. The molecule has 11 heavy (non-hydrogen) atoms. The van der Waals surface area contributed by atoms with Crippen LogP contribution in [0, 0.1) is 0 Å². The number of hydrazone groups is 1. The molecule has 0 spiro atoms. The van der Waals surface area contributed by atoms with Gasteiger partial charge in [-0.15, -0.1) is 0 Å². The van der Waals surface area contributed by atoms with E-state index in [0.29, 0.717) is 23.3 Å². The van der Waals surface area contributed by atoms with E-state index in [9.17, 15) is 0 Å². The van der Waals surface area contributed by atoms with Gasteiger partial charge in [-0.3, -0.25) is 5.01 Å². The molecule has 0 bridgehead atoms. The topological polar surface area (TPSA) is 24.8 Å². The van der Waals surface area contributed by atoms with Crippen molar-refractivity contribution < 1.29 is 4.74 Å². The maximum absolute atomic E-state index is 5.76. The highest BCUT2D eigenvalue weighted by Crippen LogP contribution is 2.17. The number of rotatable bonds is 2. The lowest BCUT2D eigenvalue weighted by atomic mass is 10.4. The molecule has 0 N–H and O–H groups in total. The molecule has 0 aromatic heterocycles. The smallest absolute Gasteiger partial charge is 0.134 e. The molecule has 0 aliphatic carbocycles. The van der Waals surface area contributed by atoms with Gasteiger partial charge in [-0.25, -0.2) is 0 Å². The number of hydrogen-bond acceptors (Lipinski definition) is 3. The Kier molecular flexibility index (Phi) is 3.17. The molecule has 5 heteroatoms. The molecule has 0 amide bonds. The van der Waals surface area contributed by atoms with Crippen LogP contribution in [-0.4, -0.2) is 31.6 Å². The van der Waals surface area contributed by atoms with E-state index in [-0.39, 0.29) is 0 Å². The van der Waals surface area contributed by atoms with E-state index in [1.807, 2.05) is 0 Å². The minimum Gasteiger partial charge on any atom is -0.363 e. The van der Waals surface area contributed by atoms with Crippen LogP contribution in [0.15, 0.2) is 15.2 Å². The van der Waals surface area contributed by atoms with Gasteiger partial charge >= 0.3 is 0 Å². The molecule has 0 atom stereocenters. The lowest BCUT2D eigenvalue weighted by Gasteiger charge is -2.20. The van der Waals surface area contributed by atoms with Gasteiger partial charge in [0, 0.05) is 7.11 Å². The zero-order valence-corrected chi connectivity index (χ0v) is 7.56. The molecule has 3 nitrogen and oxygen atoms in total. The normalized spacial score (nSPS) is 17.9. The molecular weight excluding hydrogens is 187 g/mol. The van der Waals surface area contributed by atoms with Gasteiger partial charge in [0.1, 0.15) is 6.73 Å². The first-order valence-electron chi connectivity index (χ1n) is 3.06. The average Bonchev–Trinajstić information content (AvgIpc) is 1.98. The molecule has 0 saturated heterocycles. The second-order valence-corrected chi connectivity index (χ2v) is 2.94. The van der Waals surface area contributed by atoms with E-state index < -0.39 is 0 Å². The molecule has 0 radical (unpaired) electrons. The van der Waals surface area contributed by atoms with Crippen LogP contribution in [0.2, 0.25) is 0 Å². The summed E-state index contributed by atoms with van der Waals surface area (Å²) in [4.78, 5) is 0. The fraction of sp³-hybridized carbons (Fsp3) is 0.500.